The predicted octanol–water partition coefficient (Wildman–Crippen LogP) is 2.30. The molecule has 3 nitrogen and oxygen atoms in total. The van der Waals surface area contributed by atoms with Crippen molar-refractivity contribution in [3.63, 3.8) is 0 Å². The van der Waals surface area contributed by atoms with Gasteiger partial charge in [-0.3, -0.25) is 0 Å². The average Bonchev–Trinajstić information content (AvgIpc) is 2.43. The van der Waals surface area contributed by atoms with Crippen LogP contribution in [-0.4, -0.2) is 15.5 Å². The Morgan fingerprint density at radius 3 is 2.77 bits per heavy atom. The fourth-order valence-electron chi connectivity index (χ4n) is 1.15. The van der Waals surface area contributed by atoms with Crippen molar-refractivity contribution in [3.8, 4) is 0 Å². The van der Waals surface area contributed by atoms with Crippen LogP contribution in [-0.2, 0) is 5.75 Å². The number of hydrogen-bond donors (Lipinski definition) is 1. The van der Waals surface area contributed by atoms with E-state index in [0.717, 1.165) is 23.0 Å². The molecule has 1 aromatic heterocycles. The van der Waals surface area contributed by atoms with E-state index in [9.17, 15) is 0 Å². The molecule has 0 radical (unpaired) electrons. The molecule has 1 heterocycles. The summed E-state index contributed by atoms with van der Waals surface area (Å²) in [6, 6.07) is 2.31. The fourth-order valence-corrected chi connectivity index (χ4v) is 1.71. The van der Waals surface area contributed by atoms with Crippen LogP contribution in [0.25, 0.3) is 0 Å². The molecule has 1 aromatic rings. The van der Waals surface area contributed by atoms with Crippen molar-refractivity contribution < 1.29 is 0 Å². The minimum Gasteiger partial charge on any atom is -0.384 e. The van der Waals surface area contributed by atoms with Crippen LogP contribution < -0.4 is 5.73 Å². The van der Waals surface area contributed by atoms with Gasteiger partial charge in [0.15, 0.2) is 0 Å². The summed E-state index contributed by atoms with van der Waals surface area (Å²) < 4.78 is 1.87. The van der Waals surface area contributed by atoms with E-state index in [1.807, 2.05) is 22.5 Å². The lowest BCUT2D eigenvalue weighted by Crippen LogP contribution is -2.06. The molecule has 0 aliphatic carbocycles. The Labute approximate surface area is 83.7 Å². The van der Waals surface area contributed by atoms with Crippen LogP contribution in [0.15, 0.2) is 6.07 Å². The van der Waals surface area contributed by atoms with Crippen molar-refractivity contribution in [1.29, 1.82) is 0 Å². The molecule has 2 N–H and O–H groups in total. The third-order valence-electron chi connectivity index (χ3n) is 1.76. The molecule has 0 fully saturated rings. The predicted molar refractivity (Wildman–Crippen MR) is 58.9 cm³/mol. The lowest BCUT2D eigenvalue weighted by Gasteiger charge is -2.06. The second-order valence-corrected chi connectivity index (χ2v) is 4.51. The van der Waals surface area contributed by atoms with Crippen molar-refractivity contribution in [2.45, 2.75) is 32.6 Å². The van der Waals surface area contributed by atoms with Gasteiger partial charge >= 0.3 is 0 Å². The Balaban J connectivity index is 2.71. The normalized spacial score (nSPS) is 11.1. The lowest BCUT2D eigenvalue weighted by molar-refractivity contribution is 0.536. The molecule has 0 aromatic carbocycles. The molecule has 0 saturated heterocycles. The Morgan fingerprint density at radius 1 is 1.62 bits per heavy atom. The van der Waals surface area contributed by atoms with Crippen molar-refractivity contribution in [3.05, 3.63) is 11.8 Å². The third kappa shape index (κ3) is 2.66. The smallest absolute Gasteiger partial charge is 0.122 e. The highest BCUT2D eigenvalue weighted by Crippen LogP contribution is 2.16. The minimum absolute atomic E-state index is 0.348. The number of anilines is 1. The SMILES string of the molecule is CCSCc1cc(N)n(C(C)C)n1. The van der Waals surface area contributed by atoms with Crippen LogP contribution in [0.2, 0.25) is 0 Å². The molecular weight excluding hydrogens is 182 g/mol. The molecule has 0 aliphatic rings. The maximum absolute atomic E-state index is 5.81. The largest absolute Gasteiger partial charge is 0.384 e. The van der Waals surface area contributed by atoms with E-state index in [-0.39, 0.29) is 0 Å². The first-order valence-electron chi connectivity index (χ1n) is 4.56. The first-order chi connectivity index (χ1) is 6.15. The van der Waals surface area contributed by atoms with Gasteiger partial charge in [0, 0.05) is 17.9 Å². The molecule has 0 amide bonds. The number of aromatic nitrogens is 2. The number of nitrogen functional groups attached to an aromatic ring is 1. The summed E-state index contributed by atoms with van der Waals surface area (Å²) >= 11 is 1.86. The van der Waals surface area contributed by atoms with Gasteiger partial charge in [-0.1, -0.05) is 6.92 Å². The first-order valence-corrected chi connectivity index (χ1v) is 5.72. The van der Waals surface area contributed by atoms with E-state index in [4.69, 9.17) is 5.73 Å². The van der Waals surface area contributed by atoms with Crippen molar-refractivity contribution >= 4 is 17.6 Å². The molecule has 0 spiro atoms. The molecule has 0 atom stereocenters. The summed E-state index contributed by atoms with van der Waals surface area (Å²) in [7, 11) is 0. The summed E-state index contributed by atoms with van der Waals surface area (Å²) in [6.45, 7) is 6.31. The van der Waals surface area contributed by atoms with E-state index < -0.39 is 0 Å². The summed E-state index contributed by atoms with van der Waals surface area (Å²) in [5.74, 6) is 2.84. The van der Waals surface area contributed by atoms with Gasteiger partial charge in [0.25, 0.3) is 0 Å². The lowest BCUT2D eigenvalue weighted by atomic mass is 10.4. The minimum atomic E-state index is 0.348. The first kappa shape index (κ1) is 10.4. The standard InChI is InChI=1S/C9H17N3S/c1-4-13-6-8-5-9(10)12(11-8)7(2)3/h5,7H,4,6,10H2,1-3H3. The van der Waals surface area contributed by atoms with Crippen molar-refractivity contribution in [1.82, 2.24) is 9.78 Å². The molecule has 0 bridgehead atoms. The quantitative estimate of drug-likeness (QED) is 0.809. The van der Waals surface area contributed by atoms with Gasteiger partial charge in [0.1, 0.15) is 5.82 Å². The zero-order valence-corrected chi connectivity index (χ0v) is 9.27. The summed E-state index contributed by atoms with van der Waals surface area (Å²) in [6.07, 6.45) is 0. The Bertz CT molecular complexity index is 268. The molecular formula is C9H17N3S. The Morgan fingerprint density at radius 2 is 2.31 bits per heavy atom. The summed E-state index contributed by atoms with van der Waals surface area (Å²) in [5, 5.41) is 4.42. The van der Waals surface area contributed by atoms with Crippen LogP contribution in [0.5, 0.6) is 0 Å². The van der Waals surface area contributed by atoms with Crippen molar-refractivity contribution in [2.24, 2.45) is 0 Å². The molecule has 74 valence electrons. The van der Waals surface area contributed by atoms with Crippen LogP contribution in [0.1, 0.15) is 32.5 Å². The number of hydrogen-bond acceptors (Lipinski definition) is 3. The van der Waals surface area contributed by atoms with Gasteiger partial charge in [-0.2, -0.15) is 16.9 Å². The molecule has 0 unspecified atom stereocenters. The van der Waals surface area contributed by atoms with Gasteiger partial charge in [-0.05, 0) is 19.6 Å². The van der Waals surface area contributed by atoms with Crippen LogP contribution in [0, 0.1) is 0 Å². The molecule has 4 heteroatoms. The third-order valence-corrected chi connectivity index (χ3v) is 2.67. The van der Waals surface area contributed by atoms with Gasteiger partial charge in [-0.15, -0.1) is 0 Å². The zero-order chi connectivity index (χ0) is 9.84. The molecule has 1 rings (SSSR count). The van der Waals surface area contributed by atoms with Gasteiger partial charge < -0.3 is 5.73 Å². The molecule has 0 aliphatic heterocycles. The topological polar surface area (TPSA) is 43.8 Å². The van der Waals surface area contributed by atoms with E-state index in [2.05, 4.69) is 25.9 Å². The van der Waals surface area contributed by atoms with Gasteiger partial charge in [0.2, 0.25) is 0 Å². The van der Waals surface area contributed by atoms with E-state index >= 15 is 0 Å². The fraction of sp³-hybridized carbons (Fsp3) is 0.667. The number of rotatable bonds is 4. The zero-order valence-electron chi connectivity index (χ0n) is 8.45. The molecule has 13 heavy (non-hydrogen) atoms. The van der Waals surface area contributed by atoms with E-state index in [0.29, 0.717) is 6.04 Å². The second-order valence-electron chi connectivity index (χ2n) is 3.24. The highest BCUT2D eigenvalue weighted by atomic mass is 32.2. The number of nitrogens with zero attached hydrogens (tertiary/aromatic N) is 2. The van der Waals surface area contributed by atoms with Crippen LogP contribution >= 0.6 is 11.8 Å². The van der Waals surface area contributed by atoms with Gasteiger partial charge in [-0.25, -0.2) is 4.68 Å². The average molecular weight is 199 g/mol. The van der Waals surface area contributed by atoms with Crippen molar-refractivity contribution in [2.75, 3.05) is 11.5 Å². The van der Waals surface area contributed by atoms with Crippen LogP contribution in [0.4, 0.5) is 5.82 Å². The highest BCUT2D eigenvalue weighted by Gasteiger charge is 2.06. The molecule has 0 saturated carbocycles. The van der Waals surface area contributed by atoms with E-state index in [1.54, 1.807) is 0 Å². The Hall–Kier alpha value is -0.640. The van der Waals surface area contributed by atoms with E-state index in [1.165, 1.54) is 0 Å². The Kier molecular flexibility index (Phi) is 3.66. The van der Waals surface area contributed by atoms with Crippen LogP contribution in [0.3, 0.4) is 0 Å². The maximum Gasteiger partial charge on any atom is 0.122 e. The second kappa shape index (κ2) is 4.56. The summed E-state index contributed by atoms with van der Waals surface area (Å²) in [5.41, 5.74) is 6.89. The van der Waals surface area contributed by atoms with Gasteiger partial charge in [0.05, 0.1) is 5.69 Å². The number of thioether (sulfide) groups is 1. The monoisotopic (exact) mass is 199 g/mol. The maximum atomic E-state index is 5.81. The highest BCUT2D eigenvalue weighted by molar-refractivity contribution is 7.98. The summed E-state index contributed by atoms with van der Waals surface area (Å²) in [4.78, 5) is 0. The number of nitrogens with two attached hydrogens (primary N) is 1.